The molecule has 0 spiro atoms. The second kappa shape index (κ2) is 7.31. The topological polar surface area (TPSA) is 55.8 Å². The van der Waals surface area contributed by atoms with Crippen LogP contribution < -0.4 is 5.32 Å². The number of alkyl halides is 3. The van der Waals surface area contributed by atoms with Crippen LogP contribution in [0, 0.1) is 0 Å². The van der Waals surface area contributed by atoms with Crippen molar-refractivity contribution in [2.75, 3.05) is 39.3 Å². The Morgan fingerprint density at radius 3 is 2.24 bits per heavy atom. The van der Waals surface area contributed by atoms with E-state index < -0.39 is 24.6 Å². The molecule has 0 aliphatic carbocycles. The molecule has 1 aliphatic heterocycles. The predicted molar refractivity (Wildman–Crippen MR) is 73.0 cm³/mol. The van der Waals surface area contributed by atoms with Gasteiger partial charge in [-0.1, -0.05) is 13.8 Å². The van der Waals surface area contributed by atoms with Gasteiger partial charge in [0.15, 0.2) is 5.60 Å². The maximum absolute atomic E-state index is 12.6. The molecule has 8 heteroatoms. The maximum Gasteiger partial charge on any atom is 0.417 e. The third kappa shape index (κ3) is 4.74. The second-order valence-electron chi connectivity index (χ2n) is 5.28. The van der Waals surface area contributed by atoms with Crippen molar-refractivity contribution in [1.29, 1.82) is 0 Å². The van der Waals surface area contributed by atoms with Gasteiger partial charge in [-0.15, -0.1) is 0 Å². The van der Waals surface area contributed by atoms with E-state index in [-0.39, 0.29) is 19.1 Å². The molecule has 1 saturated heterocycles. The number of hydrogen-bond acceptors (Lipinski definition) is 3. The fourth-order valence-corrected chi connectivity index (χ4v) is 2.34. The number of hydrogen-bond donors (Lipinski definition) is 2. The molecule has 5 nitrogen and oxygen atoms in total. The highest BCUT2D eigenvalue weighted by atomic mass is 19.4. The monoisotopic (exact) mass is 311 g/mol. The number of nitrogens with one attached hydrogen (secondary N) is 1. The summed E-state index contributed by atoms with van der Waals surface area (Å²) in [7, 11) is 0. The Bertz CT molecular complexity index is 338. The summed E-state index contributed by atoms with van der Waals surface area (Å²) in [5.74, 6) is 0. The van der Waals surface area contributed by atoms with Gasteiger partial charge in [0, 0.05) is 39.0 Å². The average Bonchev–Trinajstić information content (AvgIpc) is 2.43. The summed E-state index contributed by atoms with van der Waals surface area (Å²) in [6.07, 6.45) is -5.59. The van der Waals surface area contributed by atoms with E-state index in [9.17, 15) is 23.1 Å². The molecule has 2 N–H and O–H groups in total. The lowest BCUT2D eigenvalue weighted by Gasteiger charge is -2.39. The van der Waals surface area contributed by atoms with Gasteiger partial charge in [-0.05, 0) is 13.1 Å². The average molecular weight is 311 g/mol. The Labute approximate surface area is 123 Å². The van der Waals surface area contributed by atoms with Gasteiger partial charge in [-0.3, -0.25) is 0 Å². The number of carbonyl (C=O) groups excluding carboxylic acids is 1. The van der Waals surface area contributed by atoms with Crippen LogP contribution >= 0.6 is 0 Å². The van der Waals surface area contributed by atoms with Crippen LogP contribution in [0.5, 0.6) is 0 Å². The van der Waals surface area contributed by atoms with E-state index in [2.05, 4.69) is 10.2 Å². The van der Waals surface area contributed by atoms with Gasteiger partial charge >= 0.3 is 12.2 Å². The van der Waals surface area contributed by atoms with E-state index in [4.69, 9.17) is 0 Å². The highest BCUT2D eigenvalue weighted by Gasteiger charge is 2.54. The SMILES string of the molecule is CCN(CC)CCNC(=O)N1CCC(O)(C(F)(F)F)CC1. The number of likely N-dealkylation sites (N-methyl/N-ethyl adjacent to an activating group) is 1. The van der Waals surface area contributed by atoms with Crippen molar-refractivity contribution in [3.63, 3.8) is 0 Å². The zero-order valence-electron chi connectivity index (χ0n) is 12.5. The number of amides is 2. The van der Waals surface area contributed by atoms with E-state index >= 15 is 0 Å². The van der Waals surface area contributed by atoms with Crippen LogP contribution in [0.15, 0.2) is 0 Å². The number of halogens is 3. The van der Waals surface area contributed by atoms with E-state index in [1.54, 1.807) is 0 Å². The van der Waals surface area contributed by atoms with Crippen molar-refractivity contribution in [2.45, 2.75) is 38.5 Å². The molecule has 0 aromatic carbocycles. The van der Waals surface area contributed by atoms with Gasteiger partial charge < -0.3 is 20.2 Å². The van der Waals surface area contributed by atoms with Crippen LogP contribution in [0.4, 0.5) is 18.0 Å². The smallest absolute Gasteiger partial charge is 0.380 e. The lowest BCUT2D eigenvalue weighted by atomic mass is 9.91. The third-order valence-electron chi connectivity index (χ3n) is 4.00. The van der Waals surface area contributed by atoms with Crippen molar-refractivity contribution >= 4 is 6.03 Å². The molecule has 0 atom stereocenters. The fourth-order valence-electron chi connectivity index (χ4n) is 2.34. The zero-order valence-corrected chi connectivity index (χ0v) is 12.5. The minimum absolute atomic E-state index is 0.0902. The normalized spacial score (nSPS) is 18.9. The lowest BCUT2D eigenvalue weighted by molar-refractivity contribution is -0.271. The number of nitrogens with zero attached hydrogens (tertiary/aromatic N) is 2. The molecule has 0 radical (unpaired) electrons. The van der Waals surface area contributed by atoms with Gasteiger partial charge in [0.25, 0.3) is 0 Å². The first-order valence-corrected chi connectivity index (χ1v) is 7.27. The van der Waals surface area contributed by atoms with E-state index in [1.807, 2.05) is 13.8 Å². The van der Waals surface area contributed by atoms with Crippen molar-refractivity contribution in [3.8, 4) is 0 Å². The Balaban J connectivity index is 2.36. The molecule has 2 amide bonds. The first-order valence-electron chi connectivity index (χ1n) is 7.27. The van der Waals surface area contributed by atoms with Crippen molar-refractivity contribution in [1.82, 2.24) is 15.1 Å². The molecule has 1 aliphatic rings. The summed E-state index contributed by atoms with van der Waals surface area (Å²) in [6, 6.07) is -0.369. The minimum Gasteiger partial charge on any atom is -0.380 e. The number of aliphatic hydroxyl groups is 1. The standard InChI is InChI=1S/C13H24F3N3O2/c1-3-18(4-2)10-7-17-11(20)19-8-5-12(21,6-9-19)13(14,15)16/h21H,3-10H2,1-2H3,(H,17,20). The fraction of sp³-hybridized carbons (Fsp3) is 0.923. The first kappa shape index (κ1) is 18.0. The van der Waals surface area contributed by atoms with Gasteiger partial charge in [-0.25, -0.2) is 4.79 Å². The van der Waals surface area contributed by atoms with Gasteiger partial charge in [-0.2, -0.15) is 13.2 Å². The summed E-state index contributed by atoms with van der Waals surface area (Å²) in [4.78, 5) is 15.3. The summed E-state index contributed by atoms with van der Waals surface area (Å²) in [5.41, 5.74) is -2.66. The molecule has 21 heavy (non-hydrogen) atoms. The van der Waals surface area contributed by atoms with Crippen LogP contribution in [0.1, 0.15) is 26.7 Å². The Morgan fingerprint density at radius 1 is 1.29 bits per heavy atom. The van der Waals surface area contributed by atoms with E-state index in [0.29, 0.717) is 13.1 Å². The number of piperidine rings is 1. The third-order valence-corrected chi connectivity index (χ3v) is 4.00. The lowest BCUT2D eigenvalue weighted by Crippen LogP contribution is -2.56. The molecule has 0 aromatic rings. The van der Waals surface area contributed by atoms with Gasteiger partial charge in [0.2, 0.25) is 0 Å². The summed E-state index contributed by atoms with van der Waals surface area (Å²) in [6.45, 7) is 6.80. The predicted octanol–water partition coefficient (Wildman–Crippen LogP) is 1.43. The Morgan fingerprint density at radius 2 is 1.81 bits per heavy atom. The molecular weight excluding hydrogens is 287 g/mol. The van der Waals surface area contributed by atoms with Crippen molar-refractivity contribution in [2.24, 2.45) is 0 Å². The van der Waals surface area contributed by atoms with Crippen LogP contribution in [0.25, 0.3) is 0 Å². The van der Waals surface area contributed by atoms with Gasteiger partial charge in [0.05, 0.1) is 0 Å². The molecule has 1 rings (SSSR count). The van der Waals surface area contributed by atoms with Crippen LogP contribution in [-0.2, 0) is 0 Å². The Kier molecular flexibility index (Phi) is 6.27. The summed E-state index contributed by atoms with van der Waals surface area (Å²) >= 11 is 0. The highest BCUT2D eigenvalue weighted by molar-refractivity contribution is 5.74. The summed E-state index contributed by atoms with van der Waals surface area (Å²) in [5, 5.41) is 12.2. The van der Waals surface area contributed by atoms with Gasteiger partial charge in [0.1, 0.15) is 0 Å². The number of urea groups is 1. The molecule has 0 saturated carbocycles. The highest BCUT2D eigenvalue weighted by Crippen LogP contribution is 2.38. The molecule has 1 fully saturated rings. The van der Waals surface area contributed by atoms with E-state index in [1.165, 1.54) is 4.90 Å². The minimum atomic E-state index is -4.64. The number of rotatable bonds is 5. The van der Waals surface area contributed by atoms with Crippen LogP contribution in [0.3, 0.4) is 0 Å². The van der Waals surface area contributed by atoms with Crippen molar-refractivity contribution in [3.05, 3.63) is 0 Å². The molecule has 0 unspecified atom stereocenters. The first-order chi connectivity index (χ1) is 9.73. The van der Waals surface area contributed by atoms with Crippen LogP contribution in [-0.4, -0.2) is 72.0 Å². The molecular formula is C13H24F3N3O2. The largest absolute Gasteiger partial charge is 0.417 e. The number of likely N-dealkylation sites (tertiary alicyclic amines) is 1. The zero-order chi connectivity index (χ0) is 16.1. The second-order valence-corrected chi connectivity index (χ2v) is 5.28. The van der Waals surface area contributed by atoms with E-state index in [0.717, 1.165) is 13.1 Å². The van der Waals surface area contributed by atoms with Crippen molar-refractivity contribution < 1.29 is 23.1 Å². The number of carbonyl (C=O) groups is 1. The quantitative estimate of drug-likeness (QED) is 0.807. The van der Waals surface area contributed by atoms with Crippen LogP contribution in [0.2, 0.25) is 0 Å². The maximum atomic E-state index is 12.6. The Hall–Kier alpha value is -1.02. The summed E-state index contributed by atoms with van der Waals surface area (Å²) < 4.78 is 37.9. The molecule has 124 valence electrons. The molecule has 0 aromatic heterocycles. The molecule has 1 heterocycles. The molecule has 0 bridgehead atoms.